The highest BCUT2D eigenvalue weighted by molar-refractivity contribution is 9.10. The standard InChI is InChI=1S/C29H26F3N7O2.C21H20BrF3N4O/c1-18-12-21(6-9-24(18)28(40)37-19-2-3-19)38-17-35-27-25(34-11-10-29(30,31)32)13-23(14-26(27)38)41-22-7-4-20(5-8-22)39-16-33-15-36-39;1-12-8-15(4-5-16(12)20(30)28-14-2-3-14)29-11-27-19-17(9-13(22)10-18(19)29)26-7-6-21(23,24)25/h4-9,12-17,19,34H,2-3,10-11H2,1H3,(H,37,40);4-5,8-11,14,26H,2-3,6-7H2,1H3,(H,28,30). The molecule has 0 spiro atoms. The number of aryl methyl sites for hydroxylation is 2. The molecule has 2 aliphatic carbocycles. The number of halogens is 7. The molecule has 2 fully saturated rings. The molecule has 3 heterocycles. The molecule has 5 aromatic carbocycles. The van der Waals surface area contributed by atoms with Crippen molar-refractivity contribution in [2.75, 3.05) is 23.7 Å². The SMILES string of the molecule is Cc1cc(-n2cnc3c(NCCC(F)(F)F)cc(Br)cc32)ccc1C(=O)NC1CC1.Cc1cc(-n2cnc3c(NCCC(F)(F)F)cc(Oc4ccc(-n5cncn5)cc4)cc32)ccc1C(=O)NC1CC1. The van der Waals surface area contributed by atoms with Gasteiger partial charge >= 0.3 is 12.4 Å². The van der Waals surface area contributed by atoms with E-state index in [0.717, 1.165) is 63.9 Å². The van der Waals surface area contributed by atoms with Crippen LogP contribution in [0.5, 0.6) is 11.5 Å². The molecule has 0 aliphatic heterocycles. The third-order valence-corrected chi connectivity index (χ3v) is 12.2. The summed E-state index contributed by atoms with van der Waals surface area (Å²) in [4.78, 5) is 37.8. The molecule has 10 rings (SSSR count). The highest BCUT2D eigenvalue weighted by Crippen LogP contribution is 2.35. The fraction of sp³-hybridized carbons (Fsp3) is 0.280. The van der Waals surface area contributed by atoms with E-state index in [1.54, 1.807) is 66.1 Å². The number of imidazole rings is 2. The topological polar surface area (TPSA) is 158 Å². The van der Waals surface area contributed by atoms with Gasteiger partial charge in [0.05, 0.1) is 40.9 Å². The molecule has 2 aliphatic rings. The summed E-state index contributed by atoms with van der Waals surface area (Å²) in [6, 6.07) is 25.7. The Kier molecular flexibility index (Phi) is 13.8. The zero-order valence-electron chi connectivity index (χ0n) is 38.2. The number of hydrogen-bond donors (Lipinski definition) is 4. The number of alkyl halides is 6. The number of anilines is 2. The normalized spacial score (nSPS) is 13.7. The van der Waals surface area contributed by atoms with Crippen molar-refractivity contribution in [2.45, 2.75) is 76.8 Å². The number of nitrogens with zero attached hydrogens (tertiary/aromatic N) is 7. The number of amides is 2. The van der Waals surface area contributed by atoms with E-state index in [0.29, 0.717) is 50.6 Å². The maximum atomic E-state index is 12.9. The highest BCUT2D eigenvalue weighted by Gasteiger charge is 2.29. The molecule has 368 valence electrons. The number of ether oxygens (including phenoxy) is 1. The summed E-state index contributed by atoms with van der Waals surface area (Å²) >= 11 is 3.42. The summed E-state index contributed by atoms with van der Waals surface area (Å²) in [5.41, 5.74) is 8.61. The van der Waals surface area contributed by atoms with Crippen molar-refractivity contribution in [1.29, 1.82) is 0 Å². The van der Waals surface area contributed by atoms with E-state index in [9.17, 15) is 35.9 Å². The Hall–Kier alpha value is -7.42. The first-order valence-electron chi connectivity index (χ1n) is 22.7. The Bertz CT molecular complexity index is 3220. The lowest BCUT2D eigenvalue weighted by atomic mass is 10.1. The van der Waals surface area contributed by atoms with Crippen LogP contribution in [-0.4, -0.2) is 83.2 Å². The first-order chi connectivity index (χ1) is 33.9. The van der Waals surface area contributed by atoms with Crippen LogP contribution >= 0.6 is 15.9 Å². The van der Waals surface area contributed by atoms with E-state index in [2.05, 4.69) is 57.2 Å². The summed E-state index contributed by atoms with van der Waals surface area (Å²) in [5.74, 6) is 0.770. The summed E-state index contributed by atoms with van der Waals surface area (Å²) in [6.07, 6.45) is -0.126. The molecule has 71 heavy (non-hydrogen) atoms. The minimum Gasteiger partial charge on any atom is -0.457 e. The Labute approximate surface area is 411 Å². The number of rotatable bonds is 15. The van der Waals surface area contributed by atoms with Gasteiger partial charge in [-0.25, -0.2) is 19.6 Å². The van der Waals surface area contributed by atoms with E-state index in [4.69, 9.17) is 4.74 Å². The van der Waals surface area contributed by atoms with Crippen molar-refractivity contribution in [3.63, 3.8) is 0 Å². The fourth-order valence-corrected chi connectivity index (χ4v) is 8.27. The maximum Gasteiger partial charge on any atom is 0.390 e. The quantitative estimate of drug-likeness (QED) is 0.0734. The molecule has 8 aromatic rings. The van der Waals surface area contributed by atoms with Gasteiger partial charge in [0.15, 0.2) is 0 Å². The number of nitrogens with one attached hydrogen (secondary N) is 4. The summed E-state index contributed by atoms with van der Waals surface area (Å²) in [7, 11) is 0. The molecule has 0 atom stereocenters. The Morgan fingerprint density at radius 3 is 1.59 bits per heavy atom. The van der Waals surface area contributed by atoms with Crippen molar-refractivity contribution >= 4 is 61.2 Å². The highest BCUT2D eigenvalue weighted by atomic mass is 79.9. The Morgan fingerprint density at radius 1 is 0.634 bits per heavy atom. The average Bonchev–Trinajstić information content (AvgIpc) is 4.13. The van der Waals surface area contributed by atoms with Gasteiger partial charge in [-0.1, -0.05) is 15.9 Å². The van der Waals surface area contributed by atoms with Crippen LogP contribution in [0.3, 0.4) is 0 Å². The first kappa shape index (κ1) is 48.6. The predicted octanol–water partition coefficient (Wildman–Crippen LogP) is 11.3. The number of benzene rings is 5. The second kappa shape index (κ2) is 20.1. The third kappa shape index (κ3) is 12.1. The van der Waals surface area contributed by atoms with Gasteiger partial charge in [-0.15, -0.1) is 0 Å². The summed E-state index contributed by atoms with van der Waals surface area (Å²) in [6.45, 7) is 3.20. The lowest BCUT2D eigenvalue weighted by Crippen LogP contribution is -2.26. The lowest BCUT2D eigenvalue weighted by Gasteiger charge is -2.14. The smallest absolute Gasteiger partial charge is 0.390 e. The molecule has 21 heteroatoms. The van der Waals surface area contributed by atoms with E-state index in [-0.39, 0.29) is 37.0 Å². The molecular formula is C50H46BrF6N11O3. The molecule has 14 nitrogen and oxygen atoms in total. The molecule has 0 saturated heterocycles. The molecule has 0 radical (unpaired) electrons. The number of aromatic nitrogens is 7. The van der Waals surface area contributed by atoms with Crippen LogP contribution in [0.15, 0.2) is 115 Å². The third-order valence-electron chi connectivity index (χ3n) is 11.7. The average molecular weight is 1040 g/mol. The monoisotopic (exact) mass is 1040 g/mol. The summed E-state index contributed by atoms with van der Waals surface area (Å²) < 4.78 is 88.2. The second-order valence-electron chi connectivity index (χ2n) is 17.4. The van der Waals surface area contributed by atoms with Gasteiger partial charge in [0.2, 0.25) is 0 Å². The van der Waals surface area contributed by atoms with Gasteiger partial charge < -0.3 is 26.0 Å². The van der Waals surface area contributed by atoms with E-state index < -0.39 is 25.2 Å². The van der Waals surface area contributed by atoms with Gasteiger partial charge in [-0.3, -0.25) is 18.7 Å². The zero-order chi connectivity index (χ0) is 50.0. The van der Waals surface area contributed by atoms with Gasteiger partial charge in [0.1, 0.15) is 47.8 Å². The van der Waals surface area contributed by atoms with Crippen LogP contribution in [0.25, 0.3) is 39.1 Å². The fourth-order valence-electron chi connectivity index (χ4n) is 7.82. The second-order valence-corrected chi connectivity index (χ2v) is 18.3. The zero-order valence-corrected chi connectivity index (χ0v) is 39.8. The van der Waals surface area contributed by atoms with Crippen molar-refractivity contribution in [3.8, 4) is 28.6 Å². The predicted molar refractivity (Wildman–Crippen MR) is 260 cm³/mol. The van der Waals surface area contributed by atoms with Crippen LogP contribution in [0, 0.1) is 13.8 Å². The van der Waals surface area contributed by atoms with Crippen LogP contribution in [0.1, 0.15) is 70.4 Å². The van der Waals surface area contributed by atoms with Crippen molar-refractivity contribution in [1.82, 2.24) is 44.5 Å². The van der Waals surface area contributed by atoms with E-state index in [1.165, 1.54) is 6.33 Å². The number of carbonyl (C=O) groups excluding carboxylic acids is 2. The molecule has 2 amide bonds. The van der Waals surface area contributed by atoms with Crippen molar-refractivity contribution in [3.05, 3.63) is 137 Å². The number of carbonyl (C=O) groups is 2. The minimum atomic E-state index is -4.30. The van der Waals surface area contributed by atoms with Crippen molar-refractivity contribution < 1.29 is 40.7 Å². The maximum absolute atomic E-state index is 12.9. The van der Waals surface area contributed by atoms with Crippen LogP contribution in [0.4, 0.5) is 37.7 Å². The number of hydrogen-bond acceptors (Lipinski definition) is 9. The molecule has 4 N–H and O–H groups in total. The van der Waals surface area contributed by atoms with Gasteiger partial charge in [0, 0.05) is 64.3 Å². The Morgan fingerprint density at radius 2 is 1.13 bits per heavy atom. The van der Waals surface area contributed by atoms with Crippen molar-refractivity contribution in [2.24, 2.45) is 0 Å². The first-order valence-corrected chi connectivity index (χ1v) is 23.5. The lowest BCUT2D eigenvalue weighted by molar-refractivity contribution is -0.132. The largest absolute Gasteiger partial charge is 0.457 e. The molecule has 3 aromatic heterocycles. The Balaban J connectivity index is 0.000000185. The van der Waals surface area contributed by atoms with Gasteiger partial charge in [0.25, 0.3) is 11.8 Å². The summed E-state index contributed by atoms with van der Waals surface area (Å²) in [5, 5.41) is 15.8. The molecule has 0 bridgehead atoms. The molecular weight excluding hydrogens is 997 g/mol. The van der Waals surface area contributed by atoms with Gasteiger partial charge in [-0.2, -0.15) is 31.4 Å². The van der Waals surface area contributed by atoms with Gasteiger partial charge in [-0.05, 0) is 123 Å². The minimum absolute atomic E-state index is 0.0732. The van der Waals surface area contributed by atoms with E-state index in [1.807, 2.05) is 65.4 Å². The van der Waals surface area contributed by atoms with E-state index >= 15 is 0 Å². The van der Waals surface area contributed by atoms with Crippen LogP contribution in [-0.2, 0) is 0 Å². The molecule has 2 saturated carbocycles. The number of fused-ring (bicyclic) bond motifs is 2. The van der Waals surface area contributed by atoms with Crippen LogP contribution < -0.4 is 26.0 Å². The van der Waals surface area contributed by atoms with Crippen LogP contribution in [0.2, 0.25) is 0 Å². The molecule has 0 unspecified atom stereocenters.